The lowest BCUT2D eigenvalue weighted by Gasteiger charge is -2.03. The summed E-state index contributed by atoms with van der Waals surface area (Å²) >= 11 is 3.27. The Morgan fingerprint density at radius 1 is 1.44 bits per heavy atom. The Morgan fingerprint density at radius 3 is 2.75 bits per heavy atom. The van der Waals surface area contributed by atoms with E-state index in [1.165, 1.54) is 0 Å². The van der Waals surface area contributed by atoms with Gasteiger partial charge in [-0.25, -0.2) is 4.68 Å². The molecule has 6 heteroatoms. The summed E-state index contributed by atoms with van der Waals surface area (Å²) in [5.41, 5.74) is -0.343. The lowest BCUT2D eigenvalue weighted by Crippen LogP contribution is -2.06. The minimum Gasteiger partial charge on any atom is -0.493 e. The van der Waals surface area contributed by atoms with Crippen molar-refractivity contribution in [1.29, 1.82) is 0 Å². The second-order valence-corrected chi connectivity index (χ2v) is 4.03. The van der Waals surface area contributed by atoms with Crippen LogP contribution in [0.15, 0.2) is 33.5 Å². The van der Waals surface area contributed by atoms with Crippen LogP contribution in [0, 0.1) is 0 Å². The second kappa shape index (κ2) is 3.97. The standard InChI is InChI=1S/C10H7BrN2O3/c11-6-2-1-3-7(4-6)13-10(16)8(5-14)9(15)12-13/h1-5,16H,(H,12,15). The van der Waals surface area contributed by atoms with E-state index in [4.69, 9.17) is 0 Å². The summed E-state index contributed by atoms with van der Waals surface area (Å²) < 4.78 is 1.95. The van der Waals surface area contributed by atoms with E-state index < -0.39 is 11.4 Å². The van der Waals surface area contributed by atoms with Gasteiger partial charge in [-0.05, 0) is 18.2 Å². The Hall–Kier alpha value is -1.82. The summed E-state index contributed by atoms with van der Waals surface area (Å²) in [7, 11) is 0. The first-order chi connectivity index (χ1) is 7.63. The van der Waals surface area contributed by atoms with Gasteiger partial charge < -0.3 is 5.11 Å². The lowest BCUT2D eigenvalue weighted by molar-refractivity contribution is 0.112. The number of halogens is 1. The monoisotopic (exact) mass is 282 g/mol. The van der Waals surface area contributed by atoms with Crippen LogP contribution >= 0.6 is 15.9 Å². The van der Waals surface area contributed by atoms with Gasteiger partial charge in [0.15, 0.2) is 6.29 Å². The summed E-state index contributed by atoms with van der Waals surface area (Å²) in [5, 5.41) is 12.0. The van der Waals surface area contributed by atoms with Crippen LogP contribution in [0.3, 0.4) is 0 Å². The molecule has 0 saturated heterocycles. The van der Waals surface area contributed by atoms with Gasteiger partial charge in [-0.3, -0.25) is 14.7 Å². The number of benzene rings is 1. The number of hydrogen-bond donors (Lipinski definition) is 2. The molecule has 0 amide bonds. The van der Waals surface area contributed by atoms with E-state index in [0.29, 0.717) is 12.0 Å². The molecule has 16 heavy (non-hydrogen) atoms. The number of aromatic nitrogens is 2. The molecule has 0 spiro atoms. The zero-order valence-corrected chi connectivity index (χ0v) is 9.56. The van der Waals surface area contributed by atoms with Gasteiger partial charge >= 0.3 is 0 Å². The van der Waals surface area contributed by atoms with Gasteiger partial charge in [0.05, 0.1) is 5.69 Å². The van der Waals surface area contributed by atoms with E-state index in [1.54, 1.807) is 18.2 Å². The molecule has 0 bridgehead atoms. The highest BCUT2D eigenvalue weighted by Crippen LogP contribution is 2.19. The third-order valence-electron chi connectivity index (χ3n) is 2.09. The van der Waals surface area contributed by atoms with Crippen molar-refractivity contribution in [3.63, 3.8) is 0 Å². The fourth-order valence-corrected chi connectivity index (χ4v) is 1.73. The lowest BCUT2D eigenvalue weighted by atomic mass is 10.3. The molecule has 0 aliphatic heterocycles. The topological polar surface area (TPSA) is 75.1 Å². The Labute approximate surface area is 98.4 Å². The fraction of sp³-hybridized carbons (Fsp3) is 0. The van der Waals surface area contributed by atoms with Crippen molar-refractivity contribution in [3.8, 4) is 11.6 Å². The summed E-state index contributed by atoms with van der Waals surface area (Å²) in [5.74, 6) is -0.391. The van der Waals surface area contributed by atoms with Crippen LogP contribution in [0.4, 0.5) is 0 Å². The van der Waals surface area contributed by atoms with Crippen LogP contribution in [-0.2, 0) is 0 Å². The molecule has 0 saturated carbocycles. The molecule has 1 heterocycles. The van der Waals surface area contributed by atoms with E-state index in [-0.39, 0.29) is 5.56 Å². The van der Waals surface area contributed by atoms with Crippen LogP contribution in [0.25, 0.3) is 5.69 Å². The number of rotatable bonds is 2. The largest absolute Gasteiger partial charge is 0.493 e. The van der Waals surface area contributed by atoms with Crippen LogP contribution in [0.1, 0.15) is 10.4 Å². The van der Waals surface area contributed by atoms with Gasteiger partial charge in [0.1, 0.15) is 5.56 Å². The summed E-state index contributed by atoms with van der Waals surface area (Å²) in [6.45, 7) is 0. The Balaban J connectivity index is 2.65. The SMILES string of the molecule is O=Cc1c(O)n(-c2cccc(Br)c2)[nH]c1=O. The predicted octanol–water partition coefficient (Wildman–Crippen LogP) is 1.45. The zero-order chi connectivity index (χ0) is 11.7. The van der Waals surface area contributed by atoms with Crippen LogP contribution in [-0.4, -0.2) is 21.2 Å². The Kier molecular flexibility index (Phi) is 2.66. The average Bonchev–Trinajstić information content (AvgIpc) is 2.54. The van der Waals surface area contributed by atoms with Crippen LogP contribution < -0.4 is 5.56 Å². The van der Waals surface area contributed by atoms with Gasteiger partial charge in [-0.2, -0.15) is 0 Å². The Morgan fingerprint density at radius 2 is 2.19 bits per heavy atom. The third-order valence-corrected chi connectivity index (χ3v) is 2.59. The average molecular weight is 283 g/mol. The molecule has 1 aromatic heterocycles. The maximum Gasteiger partial charge on any atom is 0.279 e. The predicted molar refractivity (Wildman–Crippen MR) is 61.1 cm³/mol. The van der Waals surface area contributed by atoms with Gasteiger partial charge in [-0.15, -0.1) is 0 Å². The number of carbonyl (C=O) groups excluding carboxylic acids is 1. The molecule has 0 atom stereocenters. The molecular weight excluding hydrogens is 276 g/mol. The number of nitrogens with one attached hydrogen (secondary N) is 1. The molecule has 0 aliphatic rings. The van der Waals surface area contributed by atoms with Crippen molar-refractivity contribution in [2.75, 3.05) is 0 Å². The molecular formula is C10H7BrN2O3. The molecule has 2 rings (SSSR count). The van der Waals surface area contributed by atoms with Gasteiger partial charge in [0.25, 0.3) is 5.56 Å². The number of hydrogen-bond acceptors (Lipinski definition) is 3. The molecule has 1 aromatic carbocycles. The van der Waals surface area contributed by atoms with Crippen LogP contribution in [0.5, 0.6) is 5.88 Å². The number of aromatic amines is 1. The third kappa shape index (κ3) is 1.67. The first kappa shape index (κ1) is 10.7. The molecule has 0 aliphatic carbocycles. The van der Waals surface area contributed by atoms with Crippen molar-refractivity contribution in [2.45, 2.75) is 0 Å². The first-order valence-corrected chi connectivity index (χ1v) is 5.18. The first-order valence-electron chi connectivity index (χ1n) is 4.38. The van der Waals surface area contributed by atoms with Gasteiger partial charge in [0, 0.05) is 4.47 Å². The maximum atomic E-state index is 11.3. The van der Waals surface area contributed by atoms with Crippen molar-refractivity contribution >= 4 is 22.2 Å². The number of nitrogens with zero attached hydrogens (tertiary/aromatic N) is 1. The normalized spacial score (nSPS) is 10.3. The number of aromatic hydroxyl groups is 1. The molecule has 82 valence electrons. The van der Waals surface area contributed by atoms with E-state index >= 15 is 0 Å². The van der Waals surface area contributed by atoms with E-state index in [2.05, 4.69) is 21.0 Å². The van der Waals surface area contributed by atoms with Crippen molar-refractivity contribution in [1.82, 2.24) is 9.78 Å². The second-order valence-electron chi connectivity index (χ2n) is 3.11. The molecule has 0 radical (unpaired) electrons. The summed E-state index contributed by atoms with van der Waals surface area (Å²) in [6, 6.07) is 6.94. The van der Waals surface area contributed by atoms with E-state index in [0.717, 1.165) is 9.15 Å². The van der Waals surface area contributed by atoms with Crippen molar-refractivity contribution in [3.05, 3.63) is 44.7 Å². The minimum absolute atomic E-state index is 0.278. The number of carbonyl (C=O) groups is 1. The Bertz CT molecular complexity index is 600. The van der Waals surface area contributed by atoms with E-state index in [9.17, 15) is 14.7 Å². The highest BCUT2D eigenvalue weighted by Gasteiger charge is 2.13. The van der Waals surface area contributed by atoms with Gasteiger partial charge in [-0.1, -0.05) is 22.0 Å². The number of aldehydes is 1. The minimum atomic E-state index is -0.618. The summed E-state index contributed by atoms with van der Waals surface area (Å²) in [4.78, 5) is 21.8. The van der Waals surface area contributed by atoms with Crippen molar-refractivity contribution < 1.29 is 9.90 Å². The molecule has 5 nitrogen and oxygen atoms in total. The summed E-state index contributed by atoms with van der Waals surface area (Å²) in [6.07, 6.45) is 0.322. The molecule has 0 fully saturated rings. The van der Waals surface area contributed by atoms with Gasteiger partial charge in [0.2, 0.25) is 5.88 Å². The molecule has 0 unspecified atom stereocenters. The zero-order valence-electron chi connectivity index (χ0n) is 7.98. The van der Waals surface area contributed by atoms with E-state index in [1.807, 2.05) is 6.07 Å². The van der Waals surface area contributed by atoms with Crippen LogP contribution in [0.2, 0.25) is 0 Å². The molecule has 2 N–H and O–H groups in total. The highest BCUT2D eigenvalue weighted by molar-refractivity contribution is 9.10. The molecule has 2 aromatic rings. The quantitative estimate of drug-likeness (QED) is 0.819. The van der Waals surface area contributed by atoms with Crippen molar-refractivity contribution in [2.24, 2.45) is 0 Å². The highest BCUT2D eigenvalue weighted by atomic mass is 79.9. The smallest absolute Gasteiger partial charge is 0.279 e. The maximum absolute atomic E-state index is 11.3. The fourth-order valence-electron chi connectivity index (χ4n) is 1.34. The number of H-pyrrole nitrogens is 1.